The van der Waals surface area contributed by atoms with E-state index < -0.39 is 5.54 Å². The van der Waals surface area contributed by atoms with Gasteiger partial charge in [-0.3, -0.25) is 10.1 Å². The highest BCUT2D eigenvalue weighted by atomic mass is 16.1. The number of carbonyl (C=O) groups is 1. The lowest BCUT2D eigenvalue weighted by molar-refractivity contribution is -0.124. The van der Waals surface area contributed by atoms with Crippen molar-refractivity contribution in [2.45, 2.75) is 58.7 Å². The highest BCUT2D eigenvalue weighted by Crippen LogP contribution is 2.16. The van der Waals surface area contributed by atoms with Crippen LogP contribution >= 0.6 is 0 Å². The molecule has 0 aliphatic heterocycles. The van der Waals surface area contributed by atoms with Gasteiger partial charge in [-0.25, -0.2) is 4.98 Å². The smallest absolute Gasteiger partial charge is 0.239 e. The normalized spacial score (nSPS) is 15.1. The van der Waals surface area contributed by atoms with Gasteiger partial charge < -0.3 is 10.3 Å². The molecule has 1 heterocycles. The van der Waals surface area contributed by atoms with E-state index in [0.717, 1.165) is 5.82 Å². The van der Waals surface area contributed by atoms with Crippen molar-refractivity contribution in [2.24, 2.45) is 5.73 Å². The van der Waals surface area contributed by atoms with Gasteiger partial charge in [0.25, 0.3) is 0 Å². The average Bonchev–Trinajstić information content (AvgIpc) is 2.63. The molecular weight excluding hydrogens is 228 g/mol. The SMILES string of the molecule is CC(C)NC(C)(Cn1ccnc1C(C)C)C(N)=O. The summed E-state index contributed by atoms with van der Waals surface area (Å²) < 4.78 is 1.99. The summed E-state index contributed by atoms with van der Waals surface area (Å²) >= 11 is 0. The Labute approximate surface area is 109 Å². The Bertz CT molecular complexity index is 411. The number of hydrogen-bond donors (Lipinski definition) is 2. The highest BCUT2D eigenvalue weighted by molar-refractivity contribution is 5.84. The van der Waals surface area contributed by atoms with E-state index in [2.05, 4.69) is 24.1 Å². The molecule has 0 radical (unpaired) electrons. The second-order valence-corrected chi connectivity index (χ2v) is 5.56. The first-order valence-electron chi connectivity index (χ1n) is 6.35. The number of aromatic nitrogens is 2. The summed E-state index contributed by atoms with van der Waals surface area (Å²) in [6.45, 7) is 10.5. The number of hydrogen-bond acceptors (Lipinski definition) is 3. The van der Waals surface area contributed by atoms with E-state index in [9.17, 15) is 4.79 Å². The zero-order chi connectivity index (χ0) is 13.9. The predicted molar refractivity (Wildman–Crippen MR) is 72.2 cm³/mol. The van der Waals surface area contributed by atoms with Gasteiger partial charge in [-0.1, -0.05) is 13.8 Å². The quantitative estimate of drug-likeness (QED) is 0.800. The molecule has 3 N–H and O–H groups in total. The minimum Gasteiger partial charge on any atom is -0.368 e. The molecule has 1 atom stereocenters. The first-order valence-corrected chi connectivity index (χ1v) is 6.35. The molecule has 0 bridgehead atoms. The molecule has 1 aromatic rings. The molecule has 0 fully saturated rings. The van der Waals surface area contributed by atoms with E-state index in [0.29, 0.717) is 12.5 Å². The van der Waals surface area contributed by atoms with Gasteiger partial charge in [0.05, 0.1) is 6.54 Å². The molecule has 1 rings (SSSR count). The van der Waals surface area contributed by atoms with Gasteiger partial charge in [-0.2, -0.15) is 0 Å². The van der Waals surface area contributed by atoms with Crippen molar-refractivity contribution < 1.29 is 4.79 Å². The Morgan fingerprint density at radius 3 is 2.56 bits per heavy atom. The Morgan fingerprint density at radius 1 is 1.50 bits per heavy atom. The topological polar surface area (TPSA) is 72.9 Å². The van der Waals surface area contributed by atoms with Crippen LogP contribution in [0, 0.1) is 0 Å². The molecule has 0 saturated heterocycles. The van der Waals surface area contributed by atoms with Crippen LogP contribution in [0.3, 0.4) is 0 Å². The van der Waals surface area contributed by atoms with E-state index in [1.54, 1.807) is 6.20 Å². The summed E-state index contributed by atoms with van der Waals surface area (Å²) in [5, 5.41) is 3.24. The molecule has 102 valence electrons. The first-order chi connectivity index (χ1) is 8.26. The van der Waals surface area contributed by atoms with Crippen LogP contribution in [0.1, 0.15) is 46.4 Å². The molecular formula is C13H24N4O. The summed E-state index contributed by atoms with van der Waals surface area (Å²) in [6, 6.07) is 0.188. The van der Waals surface area contributed by atoms with Crippen molar-refractivity contribution in [2.75, 3.05) is 0 Å². The van der Waals surface area contributed by atoms with Gasteiger partial charge in [0.1, 0.15) is 11.4 Å². The number of primary amides is 1. The van der Waals surface area contributed by atoms with Gasteiger partial charge >= 0.3 is 0 Å². The lowest BCUT2D eigenvalue weighted by atomic mass is 10.00. The third-order valence-electron chi connectivity index (χ3n) is 2.90. The molecule has 0 aliphatic rings. The van der Waals surface area contributed by atoms with Crippen LogP contribution in [-0.2, 0) is 11.3 Å². The number of nitrogens with one attached hydrogen (secondary N) is 1. The van der Waals surface area contributed by atoms with Crippen molar-refractivity contribution >= 4 is 5.91 Å². The molecule has 1 unspecified atom stereocenters. The van der Waals surface area contributed by atoms with Crippen molar-refractivity contribution in [3.05, 3.63) is 18.2 Å². The molecule has 5 heteroatoms. The second kappa shape index (κ2) is 5.52. The zero-order valence-corrected chi connectivity index (χ0v) is 11.9. The predicted octanol–water partition coefficient (Wildman–Crippen LogP) is 1.25. The van der Waals surface area contributed by atoms with E-state index >= 15 is 0 Å². The summed E-state index contributed by atoms with van der Waals surface area (Å²) in [7, 11) is 0. The fraction of sp³-hybridized carbons (Fsp3) is 0.692. The van der Waals surface area contributed by atoms with E-state index in [1.165, 1.54) is 0 Å². The second-order valence-electron chi connectivity index (χ2n) is 5.56. The van der Waals surface area contributed by atoms with Crippen LogP contribution in [0.25, 0.3) is 0 Å². The van der Waals surface area contributed by atoms with E-state index in [-0.39, 0.29) is 11.9 Å². The van der Waals surface area contributed by atoms with Crippen LogP contribution in [0.15, 0.2) is 12.4 Å². The van der Waals surface area contributed by atoms with E-state index in [4.69, 9.17) is 5.73 Å². The Balaban J connectivity index is 2.97. The van der Waals surface area contributed by atoms with Crippen LogP contribution in [0.2, 0.25) is 0 Å². The molecule has 0 aromatic carbocycles. The van der Waals surface area contributed by atoms with Gasteiger partial charge in [-0.05, 0) is 20.8 Å². The van der Waals surface area contributed by atoms with Gasteiger partial charge in [0, 0.05) is 24.4 Å². The van der Waals surface area contributed by atoms with Crippen molar-refractivity contribution in [1.82, 2.24) is 14.9 Å². The molecule has 18 heavy (non-hydrogen) atoms. The first kappa shape index (κ1) is 14.7. The minimum absolute atomic E-state index is 0.188. The van der Waals surface area contributed by atoms with Crippen LogP contribution in [0.4, 0.5) is 0 Å². The molecule has 0 spiro atoms. The lowest BCUT2D eigenvalue weighted by Crippen LogP contribution is -2.58. The number of carbonyl (C=O) groups excluding carboxylic acids is 1. The molecule has 1 aromatic heterocycles. The van der Waals surface area contributed by atoms with Gasteiger partial charge in [-0.15, -0.1) is 0 Å². The van der Waals surface area contributed by atoms with Crippen molar-refractivity contribution in [3.63, 3.8) is 0 Å². The summed E-state index contributed by atoms with van der Waals surface area (Å²) in [5.41, 5.74) is 4.76. The monoisotopic (exact) mass is 252 g/mol. The Kier molecular flexibility index (Phi) is 4.51. The molecule has 0 saturated carbocycles. The maximum atomic E-state index is 11.7. The molecule has 5 nitrogen and oxygen atoms in total. The third kappa shape index (κ3) is 3.32. The number of nitrogens with zero attached hydrogens (tertiary/aromatic N) is 2. The van der Waals surface area contributed by atoms with Crippen molar-refractivity contribution in [1.29, 1.82) is 0 Å². The highest BCUT2D eigenvalue weighted by Gasteiger charge is 2.32. The van der Waals surface area contributed by atoms with Gasteiger partial charge in [0.2, 0.25) is 5.91 Å². The third-order valence-corrected chi connectivity index (χ3v) is 2.90. The summed E-state index contributed by atoms with van der Waals surface area (Å²) in [6.07, 6.45) is 3.64. The standard InChI is InChI=1S/C13H24N4O/c1-9(2)11-15-6-7-17(11)8-13(5,12(14)18)16-10(3)4/h6-7,9-10,16H,8H2,1-5H3,(H2,14,18). The largest absolute Gasteiger partial charge is 0.368 e. The number of imidazole rings is 1. The molecule has 1 amide bonds. The Hall–Kier alpha value is -1.36. The fourth-order valence-electron chi connectivity index (χ4n) is 2.13. The lowest BCUT2D eigenvalue weighted by Gasteiger charge is -2.31. The summed E-state index contributed by atoms with van der Waals surface area (Å²) in [5.74, 6) is 0.934. The minimum atomic E-state index is -0.765. The van der Waals surface area contributed by atoms with Crippen LogP contribution < -0.4 is 11.1 Å². The van der Waals surface area contributed by atoms with Gasteiger partial charge in [0.15, 0.2) is 0 Å². The Morgan fingerprint density at radius 2 is 2.11 bits per heavy atom. The maximum absolute atomic E-state index is 11.7. The number of rotatable bonds is 6. The van der Waals surface area contributed by atoms with Crippen LogP contribution in [-0.4, -0.2) is 27.0 Å². The number of nitrogens with two attached hydrogens (primary N) is 1. The fourth-order valence-corrected chi connectivity index (χ4v) is 2.13. The average molecular weight is 252 g/mol. The molecule has 0 aliphatic carbocycles. The zero-order valence-electron chi connectivity index (χ0n) is 11.9. The van der Waals surface area contributed by atoms with Crippen LogP contribution in [0.5, 0.6) is 0 Å². The van der Waals surface area contributed by atoms with E-state index in [1.807, 2.05) is 31.5 Å². The summed E-state index contributed by atoms with van der Waals surface area (Å²) in [4.78, 5) is 16.0. The number of amides is 1. The van der Waals surface area contributed by atoms with Crippen molar-refractivity contribution in [3.8, 4) is 0 Å². The maximum Gasteiger partial charge on any atom is 0.239 e.